The van der Waals surface area contributed by atoms with Gasteiger partial charge in [-0.15, -0.1) is 0 Å². The largest absolute Gasteiger partial charge is 0.378 e. The lowest BCUT2D eigenvalue weighted by Crippen LogP contribution is -2.17. The van der Waals surface area contributed by atoms with Crippen molar-refractivity contribution in [3.63, 3.8) is 0 Å². The van der Waals surface area contributed by atoms with E-state index >= 15 is 0 Å². The van der Waals surface area contributed by atoms with Gasteiger partial charge in [0.05, 0.1) is 6.10 Å². The van der Waals surface area contributed by atoms with E-state index in [0.717, 1.165) is 13.2 Å². The summed E-state index contributed by atoms with van der Waals surface area (Å²) in [5, 5.41) is 3.42. The van der Waals surface area contributed by atoms with E-state index in [9.17, 15) is 0 Å². The van der Waals surface area contributed by atoms with Gasteiger partial charge in [-0.1, -0.05) is 39.0 Å². The predicted octanol–water partition coefficient (Wildman–Crippen LogP) is 3.51. The molecule has 1 unspecified atom stereocenters. The zero-order chi connectivity index (χ0) is 11.5. The maximum atomic E-state index is 5.93. The summed E-state index contributed by atoms with van der Waals surface area (Å²) < 4.78 is 5.93. The number of unbranched alkanes of at least 4 members (excludes halogenated alkanes) is 5. The van der Waals surface area contributed by atoms with Crippen LogP contribution in [0.2, 0.25) is 0 Å². The van der Waals surface area contributed by atoms with Crippen molar-refractivity contribution in [2.75, 3.05) is 19.7 Å². The summed E-state index contributed by atoms with van der Waals surface area (Å²) >= 11 is 0. The van der Waals surface area contributed by atoms with Crippen LogP contribution in [0.15, 0.2) is 0 Å². The predicted molar refractivity (Wildman–Crippen MR) is 69.8 cm³/mol. The van der Waals surface area contributed by atoms with Gasteiger partial charge < -0.3 is 10.1 Å². The third-order valence-electron chi connectivity index (χ3n) is 3.37. The molecule has 96 valence electrons. The number of hydrogen-bond acceptors (Lipinski definition) is 2. The standard InChI is InChI=1S/C14H29NO/c1-2-3-4-5-6-7-13-16-14-9-8-11-15-12-10-14/h14-15H,2-13H2,1H3. The van der Waals surface area contributed by atoms with Crippen LogP contribution in [0.1, 0.15) is 64.7 Å². The van der Waals surface area contributed by atoms with Crippen LogP contribution in [-0.2, 0) is 4.74 Å². The van der Waals surface area contributed by atoms with Gasteiger partial charge in [0.25, 0.3) is 0 Å². The molecule has 0 spiro atoms. The topological polar surface area (TPSA) is 21.3 Å². The van der Waals surface area contributed by atoms with Crippen molar-refractivity contribution >= 4 is 0 Å². The van der Waals surface area contributed by atoms with Crippen molar-refractivity contribution in [3.05, 3.63) is 0 Å². The molecule has 1 rings (SSSR count). The molecule has 0 aromatic carbocycles. The van der Waals surface area contributed by atoms with E-state index in [4.69, 9.17) is 4.74 Å². The minimum atomic E-state index is 0.533. The molecule has 0 bridgehead atoms. The Morgan fingerprint density at radius 2 is 1.81 bits per heavy atom. The Labute approximate surface area is 101 Å². The van der Waals surface area contributed by atoms with Crippen LogP contribution in [0, 0.1) is 0 Å². The van der Waals surface area contributed by atoms with Gasteiger partial charge in [0.1, 0.15) is 0 Å². The molecule has 0 amide bonds. The van der Waals surface area contributed by atoms with Gasteiger partial charge in [-0.25, -0.2) is 0 Å². The van der Waals surface area contributed by atoms with Crippen molar-refractivity contribution < 1.29 is 4.74 Å². The Bertz CT molecular complexity index is 142. The second kappa shape index (κ2) is 10.1. The fourth-order valence-electron chi connectivity index (χ4n) is 2.29. The summed E-state index contributed by atoms with van der Waals surface area (Å²) in [5.41, 5.74) is 0. The molecular weight excluding hydrogens is 198 g/mol. The van der Waals surface area contributed by atoms with E-state index in [1.54, 1.807) is 0 Å². The van der Waals surface area contributed by atoms with E-state index in [-0.39, 0.29) is 0 Å². The molecule has 1 aliphatic rings. The Hall–Kier alpha value is -0.0800. The van der Waals surface area contributed by atoms with Crippen LogP contribution in [0.5, 0.6) is 0 Å². The maximum absolute atomic E-state index is 5.93. The molecule has 0 aromatic heterocycles. The van der Waals surface area contributed by atoms with Gasteiger partial charge in [0.15, 0.2) is 0 Å². The molecule has 2 nitrogen and oxygen atoms in total. The van der Waals surface area contributed by atoms with Crippen molar-refractivity contribution in [1.29, 1.82) is 0 Å². The van der Waals surface area contributed by atoms with Gasteiger partial charge in [0.2, 0.25) is 0 Å². The number of rotatable bonds is 8. The molecule has 1 atom stereocenters. The lowest BCUT2D eigenvalue weighted by atomic mass is 10.1. The fraction of sp³-hybridized carbons (Fsp3) is 1.00. The summed E-state index contributed by atoms with van der Waals surface area (Å²) in [6, 6.07) is 0. The first kappa shape index (κ1) is 14.0. The normalized spacial score (nSPS) is 21.9. The summed E-state index contributed by atoms with van der Waals surface area (Å²) in [7, 11) is 0. The second-order valence-corrected chi connectivity index (χ2v) is 4.94. The molecule has 1 aliphatic heterocycles. The number of ether oxygens (including phenoxy) is 1. The molecule has 0 radical (unpaired) electrons. The first-order chi connectivity index (χ1) is 7.93. The minimum absolute atomic E-state index is 0.533. The van der Waals surface area contributed by atoms with Gasteiger partial charge >= 0.3 is 0 Å². The molecule has 1 N–H and O–H groups in total. The highest BCUT2D eigenvalue weighted by Crippen LogP contribution is 2.11. The van der Waals surface area contributed by atoms with E-state index in [1.165, 1.54) is 64.3 Å². The lowest BCUT2D eigenvalue weighted by Gasteiger charge is -2.14. The van der Waals surface area contributed by atoms with E-state index in [1.807, 2.05) is 0 Å². The molecule has 0 aromatic rings. The summed E-state index contributed by atoms with van der Waals surface area (Å²) in [6.07, 6.45) is 12.4. The van der Waals surface area contributed by atoms with Crippen LogP contribution in [0.25, 0.3) is 0 Å². The number of nitrogens with one attached hydrogen (secondary N) is 1. The Morgan fingerprint density at radius 3 is 2.69 bits per heavy atom. The minimum Gasteiger partial charge on any atom is -0.378 e. The summed E-state index contributed by atoms with van der Waals surface area (Å²) in [4.78, 5) is 0. The zero-order valence-electron chi connectivity index (χ0n) is 11.0. The highest BCUT2D eigenvalue weighted by Gasteiger charge is 2.11. The highest BCUT2D eigenvalue weighted by atomic mass is 16.5. The Balaban J connectivity index is 1.86. The van der Waals surface area contributed by atoms with Crippen LogP contribution < -0.4 is 5.32 Å². The van der Waals surface area contributed by atoms with Crippen LogP contribution >= 0.6 is 0 Å². The van der Waals surface area contributed by atoms with Crippen molar-refractivity contribution in [2.24, 2.45) is 0 Å². The van der Waals surface area contributed by atoms with Gasteiger partial charge in [-0.05, 0) is 38.8 Å². The molecule has 0 aliphatic carbocycles. The average Bonchev–Trinajstić information content (AvgIpc) is 2.56. The molecule has 16 heavy (non-hydrogen) atoms. The molecule has 1 fully saturated rings. The highest BCUT2D eigenvalue weighted by molar-refractivity contribution is 4.66. The maximum Gasteiger partial charge on any atom is 0.0587 e. The summed E-state index contributed by atoms with van der Waals surface area (Å²) in [5.74, 6) is 0. The summed E-state index contributed by atoms with van der Waals surface area (Å²) in [6.45, 7) is 5.57. The monoisotopic (exact) mass is 227 g/mol. The first-order valence-electron chi connectivity index (χ1n) is 7.26. The van der Waals surface area contributed by atoms with Crippen LogP contribution in [-0.4, -0.2) is 25.8 Å². The number of hydrogen-bond donors (Lipinski definition) is 1. The Morgan fingerprint density at radius 1 is 1.00 bits per heavy atom. The third kappa shape index (κ3) is 7.24. The van der Waals surface area contributed by atoms with Crippen molar-refractivity contribution in [3.8, 4) is 0 Å². The van der Waals surface area contributed by atoms with Gasteiger partial charge in [0, 0.05) is 6.61 Å². The third-order valence-corrected chi connectivity index (χ3v) is 3.37. The van der Waals surface area contributed by atoms with Crippen LogP contribution in [0.3, 0.4) is 0 Å². The quantitative estimate of drug-likeness (QED) is 0.641. The van der Waals surface area contributed by atoms with E-state index in [0.29, 0.717) is 6.10 Å². The lowest BCUT2D eigenvalue weighted by molar-refractivity contribution is 0.0429. The SMILES string of the molecule is CCCCCCCCOC1CCCNCC1. The zero-order valence-corrected chi connectivity index (χ0v) is 11.0. The van der Waals surface area contributed by atoms with Crippen molar-refractivity contribution in [2.45, 2.75) is 70.8 Å². The van der Waals surface area contributed by atoms with E-state index in [2.05, 4.69) is 12.2 Å². The smallest absolute Gasteiger partial charge is 0.0587 e. The molecule has 1 saturated heterocycles. The molecule has 0 saturated carbocycles. The average molecular weight is 227 g/mol. The molecule has 2 heteroatoms. The van der Waals surface area contributed by atoms with Crippen molar-refractivity contribution in [1.82, 2.24) is 5.32 Å². The first-order valence-corrected chi connectivity index (χ1v) is 7.26. The molecular formula is C14H29NO. The second-order valence-electron chi connectivity index (χ2n) is 4.94. The van der Waals surface area contributed by atoms with Gasteiger partial charge in [-0.3, -0.25) is 0 Å². The van der Waals surface area contributed by atoms with Gasteiger partial charge in [-0.2, -0.15) is 0 Å². The fourth-order valence-corrected chi connectivity index (χ4v) is 2.29. The van der Waals surface area contributed by atoms with Crippen LogP contribution in [0.4, 0.5) is 0 Å². The van der Waals surface area contributed by atoms with E-state index < -0.39 is 0 Å². The molecule has 1 heterocycles. The Kier molecular flexibility index (Phi) is 8.83.